The molecule has 0 radical (unpaired) electrons. The van der Waals surface area contributed by atoms with Crippen molar-refractivity contribution in [3.05, 3.63) is 60.5 Å². The summed E-state index contributed by atoms with van der Waals surface area (Å²) in [6, 6.07) is 14.5. The summed E-state index contributed by atoms with van der Waals surface area (Å²) in [6.45, 7) is 1.52. The molecule has 0 spiro atoms. The average Bonchev–Trinajstić information content (AvgIpc) is 2.85. The summed E-state index contributed by atoms with van der Waals surface area (Å²) in [5.41, 5.74) is 2.04. The van der Waals surface area contributed by atoms with E-state index in [9.17, 15) is 4.39 Å². The quantitative estimate of drug-likeness (QED) is 0.775. The fraction of sp³-hybridized carbons (Fsp3) is 0.133. The lowest BCUT2D eigenvalue weighted by Crippen LogP contribution is -2.11. The maximum atomic E-state index is 12.8. The first-order valence-electron chi connectivity index (χ1n) is 6.23. The number of hydrogen-bond donors (Lipinski definition) is 1. The molecule has 0 saturated heterocycles. The Morgan fingerprint density at radius 2 is 1.84 bits per heavy atom. The van der Waals surface area contributed by atoms with Gasteiger partial charge < -0.3 is 5.32 Å². The number of fused-ring (bicyclic) bond motifs is 1. The van der Waals surface area contributed by atoms with Gasteiger partial charge in [0.15, 0.2) is 0 Å². The second kappa shape index (κ2) is 5.10. The number of anilines is 1. The summed E-state index contributed by atoms with van der Waals surface area (Å²) in [7, 11) is 0. The number of hydrogen-bond acceptors (Lipinski definition) is 2. The minimum Gasteiger partial charge on any atom is -0.383 e. The lowest BCUT2D eigenvalue weighted by molar-refractivity contribution is 0.627. The van der Waals surface area contributed by atoms with Crippen molar-refractivity contribution < 1.29 is 4.39 Å². The van der Waals surface area contributed by atoms with Crippen LogP contribution < -0.4 is 5.32 Å². The van der Waals surface area contributed by atoms with Crippen molar-refractivity contribution in [2.75, 3.05) is 11.9 Å². The molecule has 0 unspecified atom stereocenters. The first-order chi connectivity index (χ1) is 9.33. The van der Waals surface area contributed by atoms with Crippen molar-refractivity contribution >= 4 is 16.6 Å². The van der Waals surface area contributed by atoms with Gasteiger partial charge in [0.2, 0.25) is 0 Å². The molecule has 0 aliphatic carbocycles. The highest BCUT2D eigenvalue weighted by molar-refractivity contribution is 5.78. The van der Waals surface area contributed by atoms with E-state index in [4.69, 9.17) is 0 Å². The number of rotatable bonds is 4. The molecule has 0 amide bonds. The minimum absolute atomic E-state index is 0.219. The zero-order chi connectivity index (χ0) is 13.1. The Kier molecular flexibility index (Phi) is 3.14. The van der Waals surface area contributed by atoms with E-state index in [1.54, 1.807) is 12.1 Å². The summed E-state index contributed by atoms with van der Waals surface area (Å²) >= 11 is 0. The Balaban J connectivity index is 1.65. The Morgan fingerprint density at radius 3 is 2.68 bits per heavy atom. The van der Waals surface area contributed by atoms with Crippen LogP contribution in [0.1, 0.15) is 0 Å². The second-order valence-corrected chi connectivity index (χ2v) is 4.36. The summed E-state index contributed by atoms with van der Waals surface area (Å²) in [5, 5.41) is 8.75. The lowest BCUT2D eigenvalue weighted by Gasteiger charge is -2.07. The maximum absolute atomic E-state index is 12.8. The molecule has 3 nitrogen and oxygen atoms in total. The summed E-state index contributed by atoms with van der Waals surface area (Å²) in [5.74, 6) is -0.219. The minimum atomic E-state index is -0.219. The van der Waals surface area contributed by atoms with Crippen LogP contribution in [0.5, 0.6) is 0 Å². The van der Waals surface area contributed by atoms with E-state index in [2.05, 4.69) is 16.5 Å². The van der Waals surface area contributed by atoms with Gasteiger partial charge in [0.1, 0.15) is 5.82 Å². The predicted molar refractivity (Wildman–Crippen MR) is 74.6 cm³/mol. The van der Waals surface area contributed by atoms with E-state index < -0.39 is 0 Å². The van der Waals surface area contributed by atoms with Crippen LogP contribution in [0.4, 0.5) is 10.1 Å². The van der Waals surface area contributed by atoms with Crippen molar-refractivity contribution in [2.45, 2.75) is 6.54 Å². The number of nitrogens with one attached hydrogen (secondary N) is 1. The molecule has 0 fully saturated rings. The molecule has 0 saturated carbocycles. The normalized spacial score (nSPS) is 10.8. The van der Waals surface area contributed by atoms with E-state index in [0.29, 0.717) is 0 Å². The number of benzene rings is 2. The van der Waals surface area contributed by atoms with Gasteiger partial charge in [-0.25, -0.2) is 4.39 Å². The smallest absolute Gasteiger partial charge is 0.123 e. The molecule has 2 aromatic carbocycles. The van der Waals surface area contributed by atoms with Gasteiger partial charge in [-0.15, -0.1) is 0 Å². The van der Waals surface area contributed by atoms with Gasteiger partial charge >= 0.3 is 0 Å². The first kappa shape index (κ1) is 11.7. The fourth-order valence-electron chi connectivity index (χ4n) is 2.08. The number of nitrogens with zero attached hydrogens (tertiary/aromatic N) is 2. The van der Waals surface area contributed by atoms with Crippen LogP contribution in [0.15, 0.2) is 54.7 Å². The Morgan fingerprint density at radius 1 is 1.05 bits per heavy atom. The molecule has 0 aliphatic heterocycles. The maximum Gasteiger partial charge on any atom is 0.123 e. The molecule has 3 rings (SSSR count). The SMILES string of the molecule is Fc1ccc(NCCn2ncc3ccccc32)cc1. The van der Waals surface area contributed by atoms with Crippen LogP contribution in [-0.4, -0.2) is 16.3 Å². The van der Waals surface area contributed by atoms with Gasteiger partial charge in [-0.3, -0.25) is 4.68 Å². The van der Waals surface area contributed by atoms with Crippen molar-refractivity contribution in [3.8, 4) is 0 Å². The van der Waals surface area contributed by atoms with Crippen LogP contribution in [0, 0.1) is 5.82 Å². The lowest BCUT2D eigenvalue weighted by atomic mass is 10.2. The first-order valence-corrected chi connectivity index (χ1v) is 6.23. The van der Waals surface area contributed by atoms with E-state index in [1.165, 1.54) is 12.1 Å². The van der Waals surface area contributed by atoms with Crippen LogP contribution in [-0.2, 0) is 6.54 Å². The molecular formula is C15H14FN3. The molecule has 19 heavy (non-hydrogen) atoms. The number of aromatic nitrogens is 2. The van der Waals surface area contributed by atoms with E-state index in [0.717, 1.165) is 29.7 Å². The Labute approximate surface area is 110 Å². The van der Waals surface area contributed by atoms with Gasteiger partial charge in [0, 0.05) is 17.6 Å². The summed E-state index contributed by atoms with van der Waals surface area (Å²) < 4.78 is 14.7. The summed E-state index contributed by atoms with van der Waals surface area (Å²) in [4.78, 5) is 0. The van der Waals surface area contributed by atoms with Crippen LogP contribution >= 0.6 is 0 Å². The fourth-order valence-corrected chi connectivity index (χ4v) is 2.08. The van der Waals surface area contributed by atoms with E-state index in [-0.39, 0.29) is 5.82 Å². The van der Waals surface area contributed by atoms with E-state index >= 15 is 0 Å². The van der Waals surface area contributed by atoms with Gasteiger partial charge in [0.25, 0.3) is 0 Å². The zero-order valence-corrected chi connectivity index (χ0v) is 10.4. The molecule has 0 atom stereocenters. The van der Waals surface area contributed by atoms with Crippen LogP contribution in [0.25, 0.3) is 10.9 Å². The van der Waals surface area contributed by atoms with Crippen LogP contribution in [0.3, 0.4) is 0 Å². The highest BCUT2D eigenvalue weighted by atomic mass is 19.1. The van der Waals surface area contributed by atoms with Crippen molar-refractivity contribution in [1.82, 2.24) is 9.78 Å². The Hall–Kier alpha value is -2.36. The molecule has 4 heteroatoms. The third-order valence-electron chi connectivity index (χ3n) is 3.05. The summed E-state index contributed by atoms with van der Waals surface area (Å²) in [6.07, 6.45) is 1.87. The second-order valence-electron chi connectivity index (χ2n) is 4.36. The molecule has 3 aromatic rings. The van der Waals surface area contributed by atoms with E-state index in [1.807, 2.05) is 29.1 Å². The van der Waals surface area contributed by atoms with Gasteiger partial charge in [-0.1, -0.05) is 18.2 Å². The van der Waals surface area contributed by atoms with Crippen molar-refractivity contribution in [3.63, 3.8) is 0 Å². The van der Waals surface area contributed by atoms with Gasteiger partial charge in [0.05, 0.1) is 18.3 Å². The molecule has 1 N–H and O–H groups in total. The molecule has 1 aromatic heterocycles. The third-order valence-corrected chi connectivity index (χ3v) is 3.05. The van der Waals surface area contributed by atoms with Crippen molar-refractivity contribution in [1.29, 1.82) is 0 Å². The number of halogens is 1. The predicted octanol–water partition coefficient (Wildman–Crippen LogP) is 3.29. The monoisotopic (exact) mass is 255 g/mol. The average molecular weight is 255 g/mol. The highest BCUT2D eigenvalue weighted by Crippen LogP contribution is 2.12. The highest BCUT2D eigenvalue weighted by Gasteiger charge is 2.00. The largest absolute Gasteiger partial charge is 0.383 e. The zero-order valence-electron chi connectivity index (χ0n) is 10.4. The third kappa shape index (κ3) is 2.57. The molecule has 0 aliphatic rings. The molecule has 96 valence electrons. The van der Waals surface area contributed by atoms with Gasteiger partial charge in [-0.05, 0) is 30.3 Å². The standard InChI is InChI=1S/C15H14FN3/c16-13-5-7-14(8-6-13)17-9-10-19-15-4-2-1-3-12(15)11-18-19/h1-8,11,17H,9-10H2. The van der Waals surface area contributed by atoms with Crippen LogP contribution in [0.2, 0.25) is 0 Å². The van der Waals surface area contributed by atoms with Crippen molar-refractivity contribution in [2.24, 2.45) is 0 Å². The molecular weight excluding hydrogens is 241 g/mol. The molecule has 1 heterocycles. The topological polar surface area (TPSA) is 29.9 Å². The number of para-hydroxylation sites is 1. The Bertz CT molecular complexity index is 673. The molecule has 0 bridgehead atoms. The van der Waals surface area contributed by atoms with Gasteiger partial charge in [-0.2, -0.15) is 5.10 Å².